The molecule has 0 fully saturated rings. The number of aromatic nitrogens is 2. The molecule has 3 rings (SSSR count). The van der Waals surface area contributed by atoms with Crippen molar-refractivity contribution in [2.45, 2.75) is 13.8 Å². The Kier molecular flexibility index (Phi) is 4.19. The minimum Gasteiger partial charge on any atom is -1.00 e. The second kappa shape index (κ2) is 5.74. The van der Waals surface area contributed by atoms with Gasteiger partial charge in [0.1, 0.15) is 17.0 Å². The lowest BCUT2D eigenvalue weighted by molar-refractivity contribution is -0.353. The van der Waals surface area contributed by atoms with Gasteiger partial charge in [-0.2, -0.15) is 0 Å². The van der Waals surface area contributed by atoms with E-state index in [0.717, 1.165) is 44.7 Å². The van der Waals surface area contributed by atoms with Crippen molar-refractivity contribution in [3.8, 4) is 11.5 Å². The van der Waals surface area contributed by atoms with Crippen molar-refractivity contribution in [3.05, 3.63) is 35.7 Å². The third-order valence-corrected chi connectivity index (χ3v) is 3.45. The minimum absolute atomic E-state index is 0. The lowest BCUT2D eigenvalue weighted by Crippen LogP contribution is -3.00. The maximum absolute atomic E-state index is 5.46. The zero-order valence-electron chi connectivity index (χ0n) is 12.5. The zero-order chi connectivity index (χ0) is 14.3. The number of aryl methyl sites for hydroxylation is 2. The Hall–Kier alpha value is -2.07. The number of benzene rings is 1. The first-order chi connectivity index (χ1) is 9.63. The number of aromatic amines is 1. The zero-order valence-corrected chi connectivity index (χ0v) is 13.2. The number of H-pyrrole nitrogens is 1. The molecule has 0 atom stereocenters. The Labute approximate surface area is 129 Å². The molecule has 0 aliphatic rings. The molecule has 0 unspecified atom stereocenters. The Bertz CT molecular complexity index is 750. The molecule has 110 valence electrons. The summed E-state index contributed by atoms with van der Waals surface area (Å²) in [6, 6.07) is 7.99. The summed E-state index contributed by atoms with van der Waals surface area (Å²) in [6.45, 7) is 3.97. The highest BCUT2D eigenvalue weighted by Crippen LogP contribution is 2.32. The van der Waals surface area contributed by atoms with Crippen molar-refractivity contribution in [1.82, 2.24) is 4.98 Å². The minimum atomic E-state index is 0. The number of rotatable bonds is 2. The van der Waals surface area contributed by atoms with Crippen LogP contribution in [0.25, 0.3) is 21.8 Å². The number of nitrogens with one attached hydrogen (secondary N) is 1. The molecular formula is C16H17ClN2O2. The summed E-state index contributed by atoms with van der Waals surface area (Å²) >= 11 is 0. The molecular weight excluding hydrogens is 288 g/mol. The summed E-state index contributed by atoms with van der Waals surface area (Å²) in [5.74, 6) is 1.68. The third kappa shape index (κ3) is 2.47. The molecule has 0 saturated heterocycles. The molecule has 0 aliphatic heterocycles. The molecule has 0 amide bonds. The van der Waals surface area contributed by atoms with Crippen LogP contribution in [0.15, 0.2) is 24.3 Å². The smallest absolute Gasteiger partial charge is 0.241 e. The molecule has 0 radical (unpaired) electrons. The molecule has 0 spiro atoms. The fourth-order valence-corrected chi connectivity index (χ4v) is 2.56. The first-order valence-corrected chi connectivity index (χ1v) is 6.49. The second-order valence-corrected chi connectivity index (χ2v) is 4.87. The monoisotopic (exact) mass is 304 g/mol. The fraction of sp³-hybridized carbons (Fsp3) is 0.250. The lowest BCUT2D eigenvalue weighted by Gasteiger charge is -2.08. The van der Waals surface area contributed by atoms with Gasteiger partial charge in [-0.1, -0.05) is 0 Å². The van der Waals surface area contributed by atoms with Gasteiger partial charge in [-0.05, 0) is 19.1 Å². The van der Waals surface area contributed by atoms with E-state index in [0.29, 0.717) is 0 Å². The van der Waals surface area contributed by atoms with E-state index < -0.39 is 0 Å². The van der Waals surface area contributed by atoms with Gasteiger partial charge in [-0.15, -0.1) is 0 Å². The van der Waals surface area contributed by atoms with Crippen molar-refractivity contribution in [2.24, 2.45) is 0 Å². The highest BCUT2D eigenvalue weighted by atomic mass is 35.5. The van der Waals surface area contributed by atoms with Crippen LogP contribution in [-0.2, 0) is 0 Å². The Morgan fingerprint density at radius 2 is 1.57 bits per heavy atom. The van der Waals surface area contributed by atoms with Crippen LogP contribution in [-0.4, -0.2) is 19.2 Å². The number of hydrogen-bond acceptors (Lipinski definition) is 3. The van der Waals surface area contributed by atoms with E-state index in [4.69, 9.17) is 9.47 Å². The van der Waals surface area contributed by atoms with E-state index in [-0.39, 0.29) is 12.4 Å². The second-order valence-electron chi connectivity index (χ2n) is 4.87. The van der Waals surface area contributed by atoms with E-state index in [2.05, 4.69) is 9.97 Å². The lowest BCUT2D eigenvalue weighted by atomic mass is 10.1. The number of fused-ring (bicyclic) bond motifs is 3. The number of halogens is 1. The highest BCUT2D eigenvalue weighted by Gasteiger charge is 2.16. The quantitative estimate of drug-likeness (QED) is 0.618. The predicted octanol–water partition coefficient (Wildman–Crippen LogP) is -0.160. The molecule has 21 heavy (non-hydrogen) atoms. The Morgan fingerprint density at radius 3 is 2.24 bits per heavy atom. The third-order valence-electron chi connectivity index (χ3n) is 3.45. The summed E-state index contributed by atoms with van der Waals surface area (Å²) in [5, 5.41) is 2.01. The van der Waals surface area contributed by atoms with Gasteiger partial charge in [-0.3, -0.25) is 0 Å². The summed E-state index contributed by atoms with van der Waals surface area (Å²) in [4.78, 5) is 8.05. The maximum atomic E-state index is 5.46. The van der Waals surface area contributed by atoms with Crippen LogP contribution in [0.4, 0.5) is 0 Å². The average molecular weight is 305 g/mol. The molecule has 1 N–H and O–H groups in total. The number of ether oxygens (including phenoxy) is 2. The Morgan fingerprint density at radius 1 is 0.952 bits per heavy atom. The van der Waals surface area contributed by atoms with Crippen molar-refractivity contribution in [3.63, 3.8) is 0 Å². The number of hydrogen-bond donors (Lipinski definition) is 0. The van der Waals surface area contributed by atoms with Crippen molar-refractivity contribution in [1.29, 1.82) is 0 Å². The van der Waals surface area contributed by atoms with Crippen LogP contribution >= 0.6 is 0 Å². The molecule has 3 aromatic rings. The van der Waals surface area contributed by atoms with Gasteiger partial charge in [0.05, 0.1) is 19.6 Å². The molecule has 2 heterocycles. The van der Waals surface area contributed by atoms with Crippen LogP contribution in [0.1, 0.15) is 11.4 Å². The van der Waals surface area contributed by atoms with E-state index in [9.17, 15) is 0 Å². The van der Waals surface area contributed by atoms with Gasteiger partial charge in [0.2, 0.25) is 5.52 Å². The standard InChI is InChI=1S/C16H16N2O2.ClH/c1-9-7-13(19-3)11-5-6-12-14(20-4)8-10(2)18-16(12)15(11)17-9;/h5-8H,1-4H3;1H. The van der Waals surface area contributed by atoms with Gasteiger partial charge in [0, 0.05) is 30.1 Å². The molecule has 0 bridgehead atoms. The summed E-state index contributed by atoms with van der Waals surface area (Å²) in [7, 11) is 3.36. The fourth-order valence-electron chi connectivity index (χ4n) is 2.56. The number of pyridine rings is 2. The van der Waals surface area contributed by atoms with E-state index in [1.807, 2.05) is 38.1 Å². The summed E-state index contributed by atoms with van der Waals surface area (Å²) < 4.78 is 10.9. The van der Waals surface area contributed by atoms with E-state index in [1.54, 1.807) is 14.2 Å². The van der Waals surface area contributed by atoms with Gasteiger partial charge in [0.15, 0.2) is 5.69 Å². The van der Waals surface area contributed by atoms with E-state index >= 15 is 0 Å². The predicted molar refractivity (Wildman–Crippen MR) is 78.4 cm³/mol. The number of methoxy groups -OCH3 is 2. The molecule has 1 aromatic carbocycles. The normalized spacial score (nSPS) is 10.5. The van der Waals surface area contributed by atoms with Gasteiger partial charge >= 0.3 is 0 Å². The molecule has 0 saturated carbocycles. The molecule has 0 aliphatic carbocycles. The SMILES string of the molecule is COc1cc(C)nc2c1ccc1c(OC)cc(C)[nH+]c12.[Cl-]. The first-order valence-electron chi connectivity index (χ1n) is 6.49. The van der Waals surface area contributed by atoms with Crippen molar-refractivity contribution >= 4 is 21.8 Å². The summed E-state index contributed by atoms with van der Waals surface area (Å²) in [5.41, 5.74) is 3.84. The largest absolute Gasteiger partial charge is 1.00 e. The molecule has 2 aromatic heterocycles. The van der Waals surface area contributed by atoms with E-state index in [1.165, 1.54) is 0 Å². The number of nitrogens with zero attached hydrogens (tertiary/aromatic N) is 1. The van der Waals surface area contributed by atoms with Crippen LogP contribution in [0.2, 0.25) is 0 Å². The van der Waals surface area contributed by atoms with Crippen LogP contribution in [0.5, 0.6) is 11.5 Å². The van der Waals surface area contributed by atoms with Crippen LogP contribution in [0, 0.1) is 13.8 Å². The maximum Gasteiger partial charge on any atom is 0.241 e. The first kappa shape index (κ1) is 15.3. The van der Waals surface area contributed by atoms with Crippen molar-refractivity contribution in [2.75, 3.05) is 14.2 Å². The van der Waals surface area contributed by atoms with Gasteiger partial charge < -0.3 is 21.9 Å². The Balaban J connectivity index is 0.00000161. The summed E-state index contributed by atoms with van der Waals surface area (Å²) in [6.07, 6.45) is 0. The van der Waals surface area contributed by atoms with Crippen molar-refractivity contribution < 1.29 is 26.9 Å². The van der Waals surface area contributed by atoms with Gasteiger partial charge in [-0.25, -0.2) is 9.97 Å². The molecule has 5 heteroatoms. The highest BCUT2D eigenvalue weighted by molar-refractivity contribution is 6.05. The van der Waals surface area contributed by atoms with Crippen LogP contribution < -0.4 is 26.9 Å². The topological polar surface area (TPSA) is 45.5 Å². The van der Waals surface area contributed by atoms with Gasteiger partial charge in [0.25, 0.3) is 0 Å². The molecule has 4 nitrogen and oxygen atoms in total. The average Bonchev–Trinajstić information content (AvgIpc) is 2.45. The van der Waals surface area contributed by atoms with Crippen LogP contribution in [0.3, 0.4) is 0 Å².